The van der Waals surface area contributed by atoms with Gasteiger partial charge in [-0.05, 0) is 29.8 Å². The molecule has 0 spiro atoms. The molecule has 0 unspecified atom stereocenters. The summed E-state index contributed by atoms with van der Waals surface area (Å²) in [4.78, 5) is 16.0. The lowest BCUT2D eigenvalue weighted by Gasteiger charge is -2.07. The molecule has 1 aromatic carbocycles. The van der Waals surface area contributed by atoms with Crippen molar-refractivity contribution in [2.75, 3.05) is 5.32 Å². The Kier molecular flexibility index (Phi) is 3.99. The summed E-state index contributed by atoms with van der Waals surface area (Å²) in [6.45, 7) is 0.389. The van der Waals surface area contributed by atoms with Gasteiger partial charge in [-0.15, -0.1) is 0 Å². The van der Waals surface area contributed by atoms with E-state index in [-0.39, 0.29) is 16.3 Å². The molecule has 6 heteroatoms. The van der Waals surface area contributed by atoms with Crippen molar-refractivity contribution < 1.29 is 9.90 Å². The van der Waals surface area contributed by atoms with Crippen LogP contribution in [0.2, 0.25) is 5.02 Å². The van der Waals surface area contributed by atoms with E-state index in [9.17, 15) is 9.90 Å². The number of anilines is 1. The van der Waals surface area contributed by atoms with Gasteiger partial charge in [-0.1, -0.05) is 17.7 Å². The van der Waals surface area contributed by atoms with Crippen LogP contribution in [0, 0.1) is 0 Å². The number of aromatic nitrogens is 1. The number of carbonyl (C=O) groups is 1. The molecule has 0 aliphatic carbocycles. The van der Waals surface area contributed by atoms with Crippen LogP contribution in [0.3, 0.4) is 0 Å². The number of aromatic hydroxyl groups is 1. The number of benzene rings is 1. The van der Waals surface area contributed by atoms with Crippen molar-refractivity contribution in [1.29, 1.82) is 0 Å². The Morgan fingerprint density at radius 2 is 2.16 bits per heavy atom. The molecular weight excluding hydrogens is 266 g/mol. The molecule has 0 aliphatic rings. The molecule has 0 saturated carbocycles. The van der Waals surface area contributed by atoms with E-state index in [4.69, 9.17) is 17.3 Å². The van der Waals surface area contributed by atoms with Crippen LogP contribution in [-0.4, -0.2) is 16.0 Å². The van der Waals surface area contributed by atoms with Gasteiger partial charge in [0, 0.05) is 12.7 Å². The van der Waals surface area contributed by atoms with Gasteiger partial charge in [0.1, 0.15) is 11.6 Å². The van der Waals surface area contributed by atoms with Gasteiger partial charge in [0.25, 0.3) is 5.91 Å². The maximum Gasteiger partial charge on any atom is 0.258 e. The quantitative estimate of drug-likeness (QED) is 0.802. The number of nitrogens with one attached hydrogen (secondary N) is 1. The van der Waals surface area contributed by atoms with Crippen LogP contribution in [0.1, 0.15) is 15.9 Å². The fraction of sp³-hybridized carbons (Fsp3) is 0.0769. The lowest BCUT2D eigenvalue weighted by Crippen LogP contribution is -2.13. The maximum absolute atomic E-state index is 12.0. The summed E-state index contributed by atoms with van der Waals surface area (Å²) >= 11 is 5.90. The molecule has 1 aromatic heterocycles. The Hall–Kier alpha value is -2.11. The summed E-state index contributed by atoms with van der Waals surface area (Å²) in [5, 5.41) is 12.2. The van der Waals surface area contributed by atoms with E-state index in [0.717, 1.165) is 5.56 Å². The fourth-order valence-electron chi connectivity index (χ4n) is 1.49. The number of phenols is 1. The van der Waals surface area contributed by atoms with Crippen LogP contribution in [-0.2, 0) is 6.54 Å². The standard InChI is InChI=1S/C13H12ClN3O2/c14-11-3-2-9(18)5-10(11)13(19)17-12-4-1-8(6-15)7-16-12/h1-5,7,18H,6,15H2,(H,16,17,19). The van der Waals surface area contributed by atoms with Gasteiger partial charge >= 0.3 is 0 Å². The number of phenolic OH excluding ortho intramolecular Hbond substituents is 1. The predicted molar refractivity (Wildman–Crippen MR) is 73.2 cm³/mol. The second-order valence-corrected chi connectivity index (χ2v) is 4.28. The van der Waals surface area contributed by atoms with Gasteiger partial charge < -0.3 is 16.2 Å². The van der Waals surface area contributed by atoms with Crippen LogP contribution in [0.15, 0.2) is 36.5 Å². The van der Waals surface area contributed by atoms with Gasteiger partial charge in [0.15, 0.2) is 0 Å². The van der Waals surface area contributed by atoms with E-state index in [0.29, 0.717) is 12.4 Å². The van der Waals surface area contributed by atoms with Crippen molar-refractivity contribution in [3.05, 3.63) is 52.7 Å². The van der Waals surface area contributed by atoms with E-state index in [1.165, 1.54) is 18.2 Å². The number of carbonyl (C=O) groups excluding carboxylic acids is 1. The molecule has 4 N–H and O–H groups in total. The Morgan fingerprint density at radius 1 is 1.37 bits per heavy atom. The minimum Gasteiger partial charge on any atom is -0.508 e. The van der Waals surface area contributed by atoms with E-state index in [2.05, 4.69) is 10.3 Å². The summed E-state index contributed by atoms with van der Waals surface area (Å²) in [5.41, 5.74) is 6.51. The summed E-state index contributed by atoms with van der Waals surface area (Å²) < 4.78 is 0. The molecule has 0 bridgehead atoms. The van der Waals surface area contributed by atoms with Gasteiger partial charge in [-0.3, -0.25) is 4.79 Å². The SMILES string of the molecule is NCc1ccc(NC(=O)c2cc(O)ccc2Cl)nc1. The molecule has 1 heterocycles. The minimum absolute atomic E-state index is 0.0269. The molecule has 19 heavy (non-hydrogen) atoms. The number of rotatable bonds is 3. The zero-order valence-corrected chi connectivity index (χ0v) is 10.7. The van der Waals surface area contributed by atoms with Crippen LogP contribution < -0.4 is 11.1 Å². The number of pyridine rings is 1. The first-order valence-electron chi connectivity index (χ1n) is 5.55. The predicted octanol–water partition coefficient (Wildman–Crippen LogP) is 2.15. The molecule has 0 atom stereocenters. The smallest absolute Gasteiger partial charge is 0.258 e. The summed E-state index contributed by atoms with van der Waals surface area (Å²) in [7, 11) is 0. The number of amides is 1. The largest absolute Gasteiger partial charge is 0.508 e. The first-order valence-corrected chi connectivity index (χ1v) is 5.93. The second kappa shape index (κ2) is 5.69. The molecule has 2 aromatic rings. The molecule has 0 saturated heterocycles. The van der Waals surface area contributed by atoms with Crippen LogP contribution in [0.5, 0.6) is 5.75 Å². The highest BCUT2D eigenvalue weighted by molar-refractivity contribution is 6.34. The average Bonchev–Trinajstić information content (AvgIpc) is 2.42. The maximum atomic E-state index is 12.0. The lowest BCUT2D eigenvalue weighted by molar-refractivity contribution is 0.102. The molecule has 0 fully saturated rings. The summed E-state index contributed by atoms with van der Waals surface area (Å²) in [5.74, 6) is -0.0727. The zero-order valence-electron chi connectivity index (χ0n) is 9.93. The molecule has 0 radical (unpaired) electrons. The first kappa shape index (κ1) is 13.3. The third-order valence-electron chi connectivity index (χ3n) is 2.50. The third kappa shape index (κ3) is 3.21. The van der Waals surface area contributed by atoms with E-state index < -0.39 is 5.91 Å². The van der Waals surface area contributed by atoms with Crippen LogP contribution in [0.4, 0.5) is 5.82 Å². The fourth-order valence-corrected chi connectivity index (χ4v) is 1.69. The van der Waals surface area contributed by atoms with Gasteiger partial charge in [-0.2, -0.15) is 0 Å². The molecule has 1 amide bonds. The second-order valence-electron chi connectivity index (χ2n) is 3.87. The first-order chi connectivity index (χ1) is 9.10. The number of hydrogen-bond donors (Lipinski definition) is 3. The Morgan fingerprint density at radius 3 is 2.79 bits per heavy atom. The Balaban J connectivity index is 2.18. The van der Waals surface area contributed by atoms with Crippen molar-refractivity contribution in [3.8, 4) is 5.75 Å². The van der Waals surface area contributed by atoms with E-state index in [1.807, 2.05) is 0 Å². The van der Waals surface area contributed by atoms with Gasteiger partial charge in [0.2, 0.25) is 0 Å². The Bertz CT molecular complexity index is 599. The van der Waals surface area contributed by atoms with Crippen LogP contribution >= 0.6 is 11.6 Å². The molecule has 0 aliphatic heterocycles. The zero-order chi connectivity index (χ0) is 13.8. The summed E-state index contributed by atoms with van der Waals surface area (Å²) in [6, 6.07) is 7.58. The average molecular weight is 278 g/mol. The van der Waals surface area contributed by atoms with Crippen molar-refractivity contribution >= 4 is 23.3 Å². The molecule has 98 valence electrons. The highest BCUT2D eigenvalue weighted by Crippen LogP contribution is 2.22. The van der Waals surface area contributed by atoms with E-state index in [1.54, 1.807) is 18.3 Å². The van der Waals surface area contributed by atoms with Gasteiger partial charge in [-0.25, -0.2) is 4.98 Å². The monoisotopic (exact) mass is 277 g/mol. The number of hydrogen-bond acceptors (Lipinski definition) is 4. The molecule has 5 nitrogen and oxygen atoms in total. The Labute approximate surface area is 115 Å². The number of halogens is 1. The lowest BCUT2D eigenvalue weighted by atomic mass is 10.2. The summed E-state index contributed by atoms with van der Waals surface area (Å²) in [6.07, 6.45) is 1.58. The van der Waals surface area contributed by atoms with E-state index >= 15 is 0 Å². The number of nitrogens with zero attached hydrogens (tertiary/aromatic N) is 1. The minimum atomic E-state index is -0.436. The highest BCUT2D eigenvalue weighted by atomic mass is 35.5. The van der Waals surface area contributed by atoms with Crippen molar-refractivity contribution in [2.45, 2.75) is 6.54 Å². The van der Waals surface area contributed by atoms with Crippen LogP contribution in [0.25, 0.3) is 0 Å². The van der Waals surface area contributed by atoms with Crippen molar-refractivity contribution in [1.82, 2.24) is 4.98 Å². The number of nitrogens with two attached hydrogens (primary N) is 1. The third-order valence-corrected chi connectivity index (χ3v) is 2.83. The van der Waals surface area contributed by atoms with Crippen molar-refractivity contribution in [2.24, 2.45) is 5.73 Å². The van der Waals surface area contributed by atoms with Crippen molar-refractivity contribution in [3.63, 3.8) is 0 Å². The highest BCUT2D eigenvalue weighted by Gasteiger charge is 2.12. The molecule has 2 rings (SSSR count). The topological polar surface area (TPSA) is 88.2 Å². The van der Waals surface area contributed by atoms with Gasteiger partial charge in [0.05, 0.1) is 10.6 Å². The normalized spacial score (nSPS) is 10.2. The molecular formula is C13H12ClN3O2.